The van der Waals surface area contributed by atoms with Crippen molar-refractivity contribution in [2.45, 2.75) is 12.8 Å². The van der Waals surface area contributed by atoms with E-state index in [0.29, 0.717) is 6.54 Å². The number of anilines is 1. The van der Waals surface area contributed by atoms with Crippen LogP contribution in [0.25, 0.3) is 0 Å². The molecule has 0 saturated carbocycles. The van der Waals surface area contributed by atoms with Crippen molar-refractivity contribution >= 4 is 17.3 Å². The van der Waals surface area contributed by atoms with E-state index < -0.39 is 0 Å². The Labute approximate surface area is 125 Å². The van der Waals surface area contributed by atoms with E-state index in [-0.39, 0.29) is 0 Å². The number of rotatable bonds is 6. The van der Waals surface area contributed by atoms with Crippen LogP contribution in [0.15, 0.2) is 42.6 Å². The molecule has 20 heavy (non-hydrogen) atoms. The van der Waals surface area contributed by atoms with Gasteiger partial charge in [0, 0.05) is 31.9 Å². The van der Waals surface area contributed by atoms with Gasteiger partial charge >= 0.3 is 0 Å². The highest BCUT2D eigenvalue weighted by molar-refractivity contribution is 6.33. The van der Waals surface area contributed by atoms with E-state index in [2.05, 4.69) is 22.0 Å². The predicted octanol–water partition coefficient (Wildman–Crippen LogP) is 2.92. The van der Waals surface area contributed by atoms with Gasteiger partial charge in [-0.2, -0.15) is 0 Å². The fourth-order valence-electron chi connectivity index (χ4n) is 2.13. The lowest BCUT2D eigenvalue weighted by Crippen LogP contribution is -2.21. The molecule has 0 aliphatic heterocycles. The van der Waals surface area contributed by atoms with E-state index in [4.69, 9.17) is 17.3 Å². The van der Waals surface area contributed by atoms with Crippen molar-refractivity contribution < 1.29 is 0 Å². The number of halogens is 1. The second kappa shape index (κ2) is 7.27. The molecule has 3 nitrogen and oxygen atoms in total. The molecule has 0 fully saturated rings. The molecule has 0 unspecified atom stereocenters. The summed E-state index contributed by atoms with van der Waals surface area (Å²) in [6, 6.07) is 12.1. The van der Waals surface area contributed by atoms with Gasteiger partial charge in [-0.1, -0.05) is 23.7 Å². The second-order valence-corrected chi connectivity index (χ2v) is 5.22. The third-order valence-corrected chi connectivity index (χ3v) is 3.59. The van der Waals surface area contributed by atoms with Gasteiger partial charge in [0.25, 0.3) is 0 Å². The highest BCUT2D eigenvalue weighted by Crippen LogP contribution is 2.26. The number of hydrogen-bond acceptors (Lipinski definition) is 3. The highest BCUT2D eigenvalue weighted by Gasteiger charge is 2.07. The molecule has 0 radical (unpaired) electrons. The Morgan fingerprint density at radius 1 is 1.20 bits per heavy atom. The first-order valence-electron chi connectivity index (χ1n) is 6.80. The minimum Gasteiger partial charge on any atom is -0.373 e. The van der Waals surface area contributed by atoms with Crippen molar-refractivity contribution in [3.05, 3.63) is 58.9 Å². The smallest absolute Gasteiger partial charge is 0.0642 e. The number of nitrogens with zero attached hydrogens (tertiary/aromatic N) is 2. The first-order valence-corrected chi connectivity index (χ1v) is 7.18. The van der Waals surface area contributed by atoms with E-state index >= 15 is 0 Å². The summed E-state index contributed by atoms with van der Waals surface area (Å²) in [6.45, 7) is 1.53. The molecule has 0 spiro atoms. The van der Waals surface area contributed by atoms with Crippen LogP contribution in [0.1, 0.15) is 11.3 Å². The number of pyridine rings is 1. The lowest BCUT2D eigenvalue weighted by Gasteiger charge is -2.21. The van der Waals surface area contributed by atoms with Crippen LogP contribution in [-0.2, 0) is 12.8 Å². The lowest BCUT2D eigenvalue weighted by atomic mass is 10.1. The molecule has 2 N–H and O–H groups in total. The third-order valence-electron chi connectivity index (χ3n) is 3.29. The standard InChI is InChI=1S/C16H20ClN3/c1-20(11-8-14-4-2-3-10-19-14)16-6-5-13(7-9-18)12-15(16)17/h2-6,10,12H,7-9,11,18H2,1H3. The zero-order valence-corrected chi connectivity index (χ0v) is 12.5. The molecule has 2 rings (SSSR count). The molecule has 4 heteroatoms. The van der Waals surface area contributed by atoms with Gasteiger partial charge in [-0.05, 0) is 42.8 Å². The molecular weight excluding hydrogens is 270 g/mol. The monoisotopic (exact) mass is 289 g/mol. The van der Waals surface area contributed by atoms with Gasteiger partial charge in [0.1, 0.15) is 0 Å². The van der Waals surface area contributed by atoms with Crippen molar-refractivity contribution in [1.29, 1.82) is 0 Å². The minimum absolute atomic E-state index is 0.644. The SMILES string of the molecule is CN(CCc1ccccn1)c1ccc(CCN)cc1Cl. The van der Waals surface area contributed by atoms with Crippen molar-refractivity contribution in [1.82, 2.24) is 4.98 Å². The van der Waals surface area contributed by atoms with Gasteiger partial charge in [0.05, 0.1) is 10.7 Å². The Hall–Kier alpha value is -1.58. The molecule has 1 aromatic carbocycles. The number of benzene rings is 1. The fourth-order valence-corrected chi connectivity index (χ4v) is 2.48. The maximum Gasteiger partial charge on any atom is 0.0642 e. The Kier molecular flexibility index (Phi) is 5.39. The maximum absolute atomic E-state index is 6.34. The molecule has 0 amide bonds. The molecule has 106 valence electrons. The summed E-state index contributed by atoms with van der Waals surface area (Å²) in [5.41, 5.74) is 8.88. The first kappa shape index (κ1) is 14.8. The van der Waals surface area contributed by atoms with Gasteiger partial charge in [0.2, 0.25) is 0 Å². The van der Waals surface area contributed by atoms with Crippen LogP contribution in [0.2, 0.25) is 5.02 Å². The number of likely N-dealkylation sites (N-methyl/N-ethyl adjacent to an activating group) is 1. The quantitative estimate of drug-likeness (QED) is 0.889. The van der Waals surface area contributed by atoms with E-state index in [1.165, 1.54) is 5.56 Å². The Morgan fingerprint density at radius 2 is 2.05 bits per heavy atom. The molecule has 0 aliphatic carbocycles. The van der Waals surface area contributed by atoms with Crippen LogP contribution in [-0.4, -0.2) is 25.1 Å². The average molecular weight is 290 g/mol. The van der Waals surface area contributed by atoms with Gasteiger partial charge in [0.15, 0.2) is 0 Å². The summed E-state index contributed by atoms with van der Waals surface area (Å²) in [5.74, 6) is 0. The van der Waals surface area contributed by atoms with Crippen molar-refractivity contribution in [2.75, 3.05) is 25.0 Å². The molecule has 1 heterocycles. The number of hydrogen-bond donors (Lipinski definition) is 1. The fraction of sp³-hybridized carbons (Fsp3) is 0.312. The molecule has 0 saturated heterocycles. The van der Waals surface area contributed by atoms with Crippen molar-refractivity contribution in [3.63, 3.8) is 0 Å². The summed E-state index contributed by atoms with van der Waals surface area (Å²) < 4.78 is 0. The van der Waals surface area contributed by atoms with Crippen LogP contribution in [0.4, 0.5) is 5.69 Å². The van der Waals surface area contributed by atoms with Crippen LogP contribution in [0.3, 0.4) is 0 Å². The molecule has 0 atom stereocenters. The average Bonchev–Trinajstić information content (AvgIpc) is 2.46. The third kappa shape index (κ3) is 3.95. The summed E-state index contributed by atoms with van der Waals surface area (Å²) >= 11 is 6.34. The summed E-state index contributed by atoms with van der Waals surface area (Å²) in [7, 11) is 2.05. The molecule has 0 bridgehead atoms. The normalized spacial score (nSPS) is 10.6. The minimum atomic E-state index is 0.644. The highest BCUT2D eigenvalue weighted by atomic mass is 35.5. The van der Waals surface area contributed by atoms with E-state index in [9.17, 15) is 0 Å². The predicted molar refractivity (Wildman–Crippen MR) is 85.4 cm³/mol. The summed E-state index contributed by atoms with van der Waals surface area (Å²) in [5, 5.41) is 0.777. The molecule has 1 aromatic heterocycles. The maximum atomic E-state index is 6.34. The summed E-state index contributed by atoms with van der Waals surface area (Å²) in [4.78, 5) is 6.49. The Bertz CT molecular complexity index is 543. The zero-order chi connectivity index (χ0) is 14.4. The largest absolute Gasteiger partial charge is 0.373 e. The second-order valence-electron chi connectivity index (χ2n) is 4.82. The van der Waals surface area contributed by atoms with Crippen LogP contribution >= 0.6 is 11.6 Å². The van der Waals surface area contributed by atoms with E-state index in [1.54, 1.807) is 0 Å². The van der Waals surface area contributed by atoms with Gasteiger partial charge in [-0.25, -0.2) is 0 Å². The van der Waals surface area contributed by atoms with Crippen molar-refractivity contribution in [2.24, 2.45) is 5.73 Å². The van der Waals surface area contributed by atoms with Crippen LogP contribution in [0.5, 0.6) is 0 Å². The van der Waals surface area contributed by atoms with Crippen molar-refractivity contribution in [3.8, 4) is 0 Å². The Balaban J connectivity index is 2.00. The summed E-state index contributed by atoms with van der Waals surface area (Å²) in [6.07, 6.45) is 3.58. The topological polar surface area (TPSA) is 42.2 Å². The van der Waals surface area contributed by atoms with Crippen LogP contribution < -0.4 is 10.6 Å². The zero-order valence-electron chi connectivity index (χ0n) is 11.7. The van der Waals surface area contributed by atoms with Gasteiger partial charge in [-0.3, -0.25) is 4.98 Å². The first-order chi connectivity index (χ1) is 9.70. The molecular formula is C16H20ClN3. The lowest BCUT2D eigenvalue weighted by molar-refractivity contribution is 0.852. The van der Waals surface area contributed by atoms with Gasteiger partial charge in [-0.15, -0.1) is 0 Å². The van der Waals surface area contributed by atoms with E-state index in [1.807, 2.05) is 37.5 Å². The molecule has 2 aromatic rings. The Morgan fingerprint density at radius 3 is 2.70 bits per heavy atom. The van der Waals surface area contributed by atoms with E-state index in [0.717, 1.165) is 35.8 Å². The number of nitrogens with two attached hydrogens (primary N) is 1. The number of aromatic nitrogens is 1. The molecule has 0 aliphatic rings. The van der Waals surface area contributed by atoms with Gasteiger partial charge < -0.3 is 10.6 Å². The van der Waals surface area contributed by atoms with Crippen LogP contribution in [0, 0.1) is 0 Å².